The molecule has 2 nitrogen and oxygen atoms in total. The Hall–Kier alpha value is -0.600. The monoisotopic (exact) mass is 186 g/mol. The van der Waals surface area contributed by atoms with E-state index in [4.69, 9.17) is 5.11 Å². The average Bonchev–Trinajstić information content (AvgIpc) is 2.64. The lowest BCUT2D eigenvalue weighted by Crippen LogP contribution is -2.22. The number of fused-ring (bicyclic) bond motifs is 2. The highest BCUT2D eigenvalue weighted by Gasteiger charge is 2.41. The summed E-state index contributed by atoms with van der Waals surface area (Å²) in [4.78, 5) is 10.3. The maximum atomic E-state index is 12.9. The molecule has 2 bridgehead atoms. The minimum Gasteiger partial charge on any atom is -0.479 e. The van der Waals surface area contributed by atoms with Crippen LogP contribution in [0.25, 0.3) is 0 Å². The molecule has 3 heteroatoms. The van der Waals surface area contributed by atoms with E-state index in [-0.39, 0.29) is 6.42 Å². The second kappa shape index (κ2) is 3.28. The molecule has 4 atom stereocenters. The first-order valence-corrected chi connectivity index (χ1v) is 5.03. The summed E-state index contributed by atoms with van der Waals surface area (Å²) in [6.45, 7) is 0. The zero-order chi connectivity index (χ0) is 9.42. The van der Waals surface area contributed by atoms with Crippen LogP contribution in [0.3, 0.4) is 0 Å². The van der Waals surface area contributed by atoms with Gasteiger partial charge >= 0.3 is 5.97 Å². The van der Waals surface area contributed by atoms with Crippen molar-refractivity contribution < 1.29 is 14.3 Å². The fourth-order valence-electron chi connectivity index (χ4n) is 3.03. The quantitative estimate of drug-likeness (QED) is 0.733. The summed E-state index contributed by atoms with van der Waals surface area (Å²) in [5, 5.41) is 8.44. The zero-order valence-electron chi connectivity index (χ0n) is 7.58. The van der Waals surface area contributed by atoms with E-state index in [1.54, 1.807) is 0 Å². The molecule has 0 aromatic rings. The third-order valence-electron chi connectivity index (χ3n) is 3.66. The van der Waals surface area contributed by atoms with Gasteiger partial charge in [-0.1, -0.05) is 6.42 Å². The molecule has 13 heavy (non-hydrogen) atoms. The molecule has 0 aromatic carbocycles. The SMILES string of the molecule is O=C(O)C(F)CC1CC2CCC1C2. The Balaban J connectivity index is 1.86. The smallest absolute Gasteiger partial charge is 0.338 e. The largest absolute Gasteiger partial charge is 0.479 e. The first kappa shape index (κ1) is 8.97. The normalized spacial score (nSPS) is 39.3. The summed E-state index contributed by atoms with van der Waals surface area (Å²) < 4.78 is 12.9. The molecule has 2 aliphatic rings. The van der Waals surface area contributed by atoms with Crippen molar-refractivity contribution >= 4 is 5.97 Å². The number of rotatable bonds is 3. The van der Waals surface area contributed by atoms with Crippen molar-refractivity contribution in [2.75, 3.05) is 0 Å². The van der Waals surface area contributed by atoms with Crippen molar-refractivity contribution in [3.8, 4) is 0 Å². The topological polar surface area (TPSA) is 37.3 Å². The summed E-state index contributed by atoms with van der Waals surface area (Å²) in [7, 11) is 0. The third kappa shape index (κ3) is 1.69. The molecule has 2 aliphatic carbocycles. The van der Waals surface area contributed by atoms with Gasteiger partial charge in [0.05, 0.1) is 0 Å². The van der Waals surface area contributed by atoms with Crippen molar-refractivity contribution in [1.29, 1.82) is 0 Å². The van der Waals surface area contributed by atoms with Crippen LogP contribution >= 0.6 is 0 Å². The van der Waals surface area contributed by atoms with Gasteiger partial charge in [-0.05, 0) is 43.4 Å². The minimum absolute atomic E-state index is 0.247. The van der Waals surface area contributed by atoms with Crippen molar-refractivity contribution in [1.82, 2.24) is 0 Å². The van der Waals surface area contributed by atoms with Crippen LogP contribution in [0.5, 0.6) is 0 Å². The molecule has 0 aromatic heterocycles. The van der Waals surface area contributed by atoms with Gasteiger partial charge in [-0.25, -0.2) is 9.18 Å². The molecule has 4 unspecified atom stereocenters. The molecule has 1 N–H and O–H groups in total. The standard InChI is InChI=1S/C10H15FO2/c11-9(10(12)13)5-8-4-6-1-2-7(8)3-6/h6-9H,1-5H2,(H,12,13). The minimum atomic E-state index is -1.63. The van der Waals surface area contributed by atoms with E-state index < -0.39 is 12.1 Å². The summed E-state index contributed by atoms with van der Waals surface area (Å²) in [5.74, 6) is 0.464. The molecule has 2 saturated carbocycles. The van der Waals surface area contributed by atoms with Gasteiger partial charge in [0.15, 0.2) is 6.17 Å². The van der Waals surface area contributed by atoms with Crippen LogP contribution in [0.1, 0.15) is 32.1 Å². The second-order valence-corrected chi connectivity index (χ2v) is 4.48. The highest BCUT2D eigenvalue weighted by molar-refractivity contribution is 5.72. The number of aliphatic carboxylic acids is 1. The van der Waals surface area contributed by atoms with Crippen molar-refractivity contribution in [2.45, 2.75) is 38.3 Å². The highest BCUT2D eigenvalue weighted by Crippen LogP contribution is 2.50. The predicted octanol–water partition coefficient (Wildman–Crippen LogP) is 2.24. The summed E-state index contributed by atoms with van der Waals surface area (Å²) in [6.07, 6.45) is 3.38. The number of carbonyl (C=O) groups is 1. The molecular formula is C10H15FO2. The van der Waals surface area contributed by atoms with Crippen LogP contribution in [-0.4, -0.2) is 17.2 Å². The Bertz CT molecular complexity index is 217. The van der Waals surface area contributed by atoms with E-state index in [9.17, 15) is 9.18 Å². The lowest BCUT2D eigenvalue weighted by Gasteiger charge is -2.21. The number of carboxylic acids is 1. The number of hydrogen-bond acceptors (Lipinski definition) is 1. The number of hydrogen-bond donors (Lipinski definition) is 1. The Morgan fingerprint density at radius 3 is 2.69 bits per heavy atom. The van der Waals surface area contributed by atoms with E-state index in [1.165, 1.54) is 19.3 Å². The Morgan fingerprint density at radius 1 is 1.46 bits per heavy atom. The van der Waals surface area contributed by atoms with Crippen LogP contribution in [-0.2, 0) is 4.79 Å². The van der Waals surface area contributed by atoms with Gasteiger partial charge in [0.2, 0.25) is 0 Å². The van der Waals surface area contributed by atoms with Gasteiger partial charge in [0.25, 0.3) is 0 Å². The zero-order valence-corrected chi connectivity index (χ0v) is 7.58. The maximum Gasteiger partial charge on any atom is 0.338 e. The average molecular weight is 186 g/mol. The van der Waals surface area contributed by atoms with Crippen LogP contribution in [0.15, 0.2) is 0 Å². The van der Waals surface area contributed by atoms with Crippen LogP contribution in [0.4, 0.5) is 4.39 Å². The fourth-order valence-corrected chi connectivity index (χ4v) is 3.03. The molecular weight excluding hydrogens is 171 g/mol. The molecule has 0 radical (unpaired) electrons. The van der Waals surface area contributed by atoms with Gasteiger partial charge in [0, 0.05) is 0 Å². The molecule has 0 saturated heterocycles. The van der Waals surface area contributed by atoms with Crippen molar-refractivity contribution in [3.63, 3.8) is 0 Å². The van der Waals surface area contributed by atoms with Crippen LogP contribution in [0.2, 0.25) is 0 Å². The Morgan fingerprint density at radius 2 is 2.23 bits per heavy atom. The summed E-state index contributed by atoms with van der Waals surface area (Å²) in [6, 6.07) is 0. The lowest BCUT2D eigenvalue weighted by molar-refractivity contribution is -0.143. The summed E-state index contributed by atoms with van der Waals surface area (Å²) in [5.41, 5.74) is 0. The number of carboxylic acid groups (broad SMARTS) is 1. The van der Waals surface area contributed by atoms with Crippen molar-refractivity contribution in [2.24, 2.45) is 17.8 Å². The van der Waals surface area contributed by atoms with Crippen LogP contribution in [0, 0.1) is 17.8 Å². The van der Waals surface area contributed by atoms with Crippen LogP contribution < -0.4 is 0 Å². The maximum absolute atomic E-state index is 12.9. The number of halogens is 1. The van der Waals surface area contributed by atoms with Gasteiger partial charge in [0.1, 0.15) is 0 Å². The fraction of sp³-hybridized carbons (Fsp3) is 0.900. The van der Waals surface area contributed by atoms with E-state index in [1.807, 2.05) is 0 Å². The van der Waals surface area contributed by atoms with Gasteiger partial charge < -0.3 is 5.11 Å². The van der Waals surface area contributed by atoms with E-state index in [0.717, 1.165) is 12.3 Å². The molecule has 0 heterocycles. The third-order valence-corrected chi connectivity index (χ3v) is 3.66. The lowest BCUT2D eigenvalue weighted by atomic mass is 9.85. The second-order valence-electron chi connectivity index (χ2n) is 4.48. The van der Waals surface area contributed by atoms with Gasteiger partial charge in [-0.15, -0.1) is 0 Å². The Kier molecular flexibility index (Phi) is 2.26. The molecule has 0 spiro atoms. The highest BCUT2D eigenvalue weighted by atomic mass is 19.1. The van der Waals surface area contributed by atoms with Crippen molar-refractivity contribution in [3.05, 3.63) is 0 Å². The van der Waals surface area contributed by atoms with E-state index >= 15 is 0 Å². The van der Waals surface area contributed by atoms with E-state index in [0.29, 0.717) is 11.8 Å². The molecule has 2 rings (SSSR count). The van der Waals surface area contributed by atoms with Gasteiger partial charge in [-0.2, -0.15) is 0 Å². The Labute approximate surface area is 77.1 Å². The molecule has 74 valence electrons. The predicted molar refractivity (Wildman–Crippen MR) is 46.1 cm³/mol. The van der Waals surface area contributed by atoms with Gasteiger partial charge in [-0.3, -0.25) is 0 Å². The van der Waals surface area contributed by atoms with E-state index in [2.05, 4.69) is 0 Å². The molecule has 2 fully saturated rings. The molecule has 0 amide bonds. The first-order valence-electron chi connectivity index (χ1n) is 5.03. The first-order chi connectivity index (χ1) is 6.16. The molecule has 0 aliphatic heterocycles. The number of alkyl halides is 1. The summed E-state index contributed by atoms with van der Waals surface area (Å²) >= 11 is 0.